The Morgan fingerprint density at radius 1 is 1.44 bits per heavy atom. The van der Waals surface area contributed by atoms with Gasteiger partial charge in [0, 0.05) is 6.42 Å². The number of aliphatic hydroxyl groups is 1. The molecule has 1 aliphatic rings. The van der Waals surface area contributed by atoms with E-state index in [1.54, 1.807) is 6.08 Å². The fourth-order valence-electron chi connectivity index (χ4n) is 1.65. The first kappa shape index (κ1) is 13.9. The first-order valence-electron chi connectivity index (χ1n) is 6.13. The SMILES string of the molecule is C=CC(O)CC1(O[Si](C)(C)C(C)(C)C)CC1. The zero-order chi connectivity index (χ0) is 12.6. The maximum Gasteiger partial charge on any atom is 0.192 e. The van der Waals surface area contributed by atoms with Crippen molar-refractivity contribution in [1.29, 1.82) is 0 Å². The zero-order valence-electron chi connectivity index (χ0n) is 11.3. The normalized spacial score (nSPS) is 21.6. The Morgan fingerprint density at radius 2 is 1.94 bits per heavy atom. The van der Waals surface area contributed by atoms with E-state index in [1.165, 1.54) is 0 Å². The van der Waals surface area contributed by atoms with Crippen molar-refractivity contribution in [3.63, 3.8) is 0 Å². The molecule has 0 radical (unpaired) electrons. The molecule has 0 aromatic carbocycles. The van der Waals surface area contributed by atoms with Crippen LogP contribution in [0.1, 0.15) is 40.0 Å². The lowest BCUT2D eigenvalue weighted by atomic mass is 10.1. The van der Waals surface area contributed by atoms with Crippen LogP contribution in [0.3, 0.4) is 0 Å². The molecule has 0 spiro atoms. The highest BCUT2D eigenvalue weighted by molar-refractivity contribution is 6.74. The van der Waals surface area contributed by atoms with Crippen LogP contribution in [-0.2, 0) is 4.43 Å². The van der Waals surface area contributed by atoms with E-state index in [9.17, 15) is 5.11 Å². The summed E-state index contributed by atoms with van der Waals surface area (Å²) < 4.78 is 6.40. The monoisotopic (exact) mass is 242 g/mol. The summed E-state index contributed by atoms with van der Waals surface area (Å²) in [6.45, 7) is 14.9. The lowest BCUT2D eigenvalue weighted by molar-refractivity contribution is 0.0930. The number of aliphatic hydroxyl groups excluding tert-OH is 1. The van der Waals surface area contributed by atoms with Gasteiger partial charge in [0.2, 0.25) is 0 Å². The van der Waals surface area contributed by atoms with Gasteiger partial charge in [0.15, 0.2) is 8.32 Å². The molecule has 0 amide bonds. The Kier molecular flexibility index (Phi) is 3.73. The Labute approximate surface area is 101 Å². The van der Waals surface area contributed by atoms with E-state index in [0.717, 1.165) is 12.8 Å². The van der Waals surface area contributed by atoms with Gasteiger partial charge in [-0.25, -0.2) is 0 Å². The molecule has 2 nitrogen and oxygen atoms in total. The molecule has 3 heteroatoms. The van der Waals surface area contributed by atoms with Gasteiger partial charge in [-0.15, -0.1) is 6.58 Å². The van der Waals surface area contributed by atoms with Gasteiger partial charge in [0.1, 0.15) is 0 Å². The van der Waals surface area contributed by atoms with Gasteiger partial charge in [-0.05, 0) is 31.0 Å². The minimum absolute atomic E-state index is 0.0450. The third kappa shape index (κ3) is 3.19. The van der Waals surface area contributed by atoms with Crippen LogP contribution in [-0.4, -0.2) is 25.1 Å². The predicted octanol–water partition coefficient (Wildman–Crippen LogP) is 3.48. The summed E-state index contributed by atoms with van der Waals surface area (Å²) in [5.74, 6) is 0. The summed E-state index contributed by atoms with van der Waals surface area (Å²) in [5.41, 5.74) is -0.0450. The quantitative estimate of drug-likeness (QED) is 0.591. The molecular weight excluding hydrogens is 216 g/mol. The Hall–Kier alpha value is -0.123. The van der Waals surface area contributed by atoms with Gasteiger partial charge < -0.3 is 9.53 Å². The van der Waals surface area contributed by atoms with Gasteiger partial charge in [0.25, 0.3) is 0 Å². The van der Waals surface area contributed by atoms with Crippen LogP contribution in [0, 0.1) is 0 Å². The van der Waals surface area contributed by atoms with Crippen molar-refractivity contribution in [1.82, 2.24) is 0 Å². The van der Waals surface area contributed by atoms with E-state index in [1.807, 2.05) is 0 Å². The van der Waals surface area contributed by atoms with Gasteiger partial charge in [-0.3, -0.25) is 0 Å². The molecule has 16 heavy (non-hydrogen) atoms. The minimum atomic E-state index is -1.70. The fraction of sp³-hybridized carbons (Fsp3) is 0.846. The summed E-state index contributed by atoms with van der Waals surface area (Å²) in [6.07, 6.45) is 4.07. The van der Waals surface area contributed by atoms with Gasteiger partial charge in [0.05, 0.1) is 11.7 Å². The highest BCUT2D eigenvalue weighted by Crippen LogP contribution is 2.50. The van der Waals surface area contributed by atoms with Crippen molar-refractivity contribution in [3.05, 3.63) is 12.7 Å². The van der Waals surface area contributed by atoms with E-state index in [0.29, 0.717) is 6.42 Å². The molecule has 1 saturated carbocycles. The third-order valence-electron chi connectivity index (χ3n) is 3.94. The summed E-state index contributed by atoms with van der Waals surface area (Å²) in [6, 6.07) is 0. The molecule has 0 aromatic heterocycles. The van der Waals surface area contributed by atoms with E-state index in [4.69, 9.17) is 4.43 Å². The lowest BCUT2D eigenvalue weighted by Gasteiger charge is -2.40. The molecule has 0 saturated heterocycles. The summed E-state index contributed by atoms with van der Waals surface area (Å²) in [7, 11) is -1.70. The van der Waals surface area contributed by atoms with Crippen LogP contribution < -0.4 is 0 Å². The average molecular weight is 242 g/mol. The predicted molar refractivity (Wildman–Crippen MR) is 71.1 cm³/mol. The molecule has 0 heterocycles. The molecule has 1 atom stereocenters. The maximum atomic E-state index is 9.65. The van der Waals surface area contributed by atoms with Crippen LogP contribution in [0.15, 0.2) is 12.7 Å². The zero-order valence-corrected chi connectivity index (χ0v) is 12.3. The molecule has 1 unspecified atom stereocenters. The average Bonchev–Trinajstić information content (AvgIpc) is 2.81. The van der Waals surface area contributed by atoms with Gasteiger partial charge in [-0.1, -0.05) is 26.8 Å². The highest BCUT2D eigenvalue weighted by Gasteiger charge is 2.51. The fourth-order valence-corrected chi connectivity index (χ4v) is 3.32. The third-order valence-corrected chi connectivity index (χ3v) is 8.49. The number of hydrogen-bond acceptors (Lipinski definition) is 2. The van der Waals surface area contributed by atoms with Crippen molar-refractivity contribution in [2.75, 3.05) is 0 Å². The molecule has 94 valence electrons. The largest absolute Gasteiger partial charge is 0.411 e. The van der Waals surface area contributed by atoms with E-state index >= 15 is 0 Å². The van der Waals surface area contributed by atoms with Crippen molar-refractivity contribution in [3.8, 4) is 0 Å². The first-order valence-corrected chi connectivity index (χ1v) is 9.04. The van der Waals surface area contributed by atoms with Crippen molar-refractivity contribution in [2.45, 2.75) is 69.9 Å². The van der Waals surface area contributed by atoms with Crippen molar-refractivity contribution in [2.24, 2.45) is 0 Å². The molecule has 0 aliphatic heterocycles. The summed E-state index contributed by atoms with van der Waals surface area (Å²) >= 11 is 0. The second-order valence-electron chi connectivity index (χ2n) is 6.55. The van der Waals surface area contributed by atoms with Gasteiger partial charge in [-0.2, -0.15) is 0 Å². The molecular formula is C13H26O2Si. The van der Waals surface area contributed by atoms with Crippen LogP contribution >= 0.6 is 0 Å². The lowest BCUT2D eigenvalue weighted by Crippen LogP contribution is -2.45. The first-order chi connectivity index (χ1) is 7.12. The highest BCUT2D eigenvalue weighted by atomic mass is 28.4. The number of rotatable bonds is 5. The molecule has 0 aromatic rings. The Bertz CT molecular complexity index is 262. The molecule has 1 rings (SSSR count). The standard InChI is InChI=1S/C13H26O2Si/c1-7-11(14)10-13(8-9-13)15-16(5,6)12(2,3)4/h7,11,14H,1,8-10H2,2-6H3. The van der Waals surface area contributed by atoms with Crippen LogP contribution in [0.2, 0.25) is 18.1 Å². The summed E-state index contributed by atoms with van der Waals surface area (Å²) in [5, 5.41) is 9.89. The topological polar surface area (TPSA) is 29.5 Å². The molecule has 0 bridgehead atoms. The van der Waals surface area contributed by atoms with E-state index in [2.05, 4.69) is 40.4 Å². The second-order valence-corrected chi connectivity index (χ2v) is 11.3. The summed E-state index contributed by atoms with van der Waals surface area (Å²) in [4.78, 5) is 0. The smallest absolute Gasteiger partial charge is 0.192 e. The second kappa shape index (κ2) is 4.28. The maximum absolute atomic E-state index is 9.65. The Morgan fingerprint density at radius 3 is 2.25 bits per heavy atom. The molecule has 1 aliphatic carbocycles. The van der Waals surface area contributed by atoms with Crippen LogP contribution in [0.4, 0.5) is 0 Å². The van der Waals surface area contributed by atoms with Crippen LogP contribution in [0.25, 0.3) is 0 Å². The Balaban J connectivity index is 2.63. The molecule has 1 fully saturated rings. The van der Waals surface area contributed by atoms with Crippen molar-refractivity contribution < 1.29 is 9.53 Å². The van der Waals surface area contributed by atoms with E-state index < -0.39 is 14.4 Å². The number of hydrogen-bond donors (Lipinski definition) is 1. The minimum Gasteiger partial charge on any atom is -0.411 e. The van der Waals surface area contributed by atoms with Gasteiger partial charge >= 0.3 is 0 Å². The molecule has 1 N–H and O–H groups in total. The van der Waals surface area contributed by atoms with Crippen molar-refractivity contribution >= 4 is 8.32 Å². The van der Waals surface area contributed by atoms with Crippen LogP contribution in [0.5, 0.6) is 0 Å². The van der Waals surface area contributed by atoms with E-state index in [-0.39, 0.29) is 10.6 Å².